The summed E-state index contributed by atoms with van der Waals surface area (Å²) >= 11 is 6.48. The molecule has 1 saturated carbocycles. The summed E-state index contributed by atoms with van der Waals surface area (Å²) in [4.78, 5) is 35.1. The lowest BCUT2D eigenvalue weighted by Gasteiger charge is -2.45. The van der Waals surface area contributed by atoms with E-state index >= 15 is 0 Å². The third kappa shape index (κ3) is 5.13. The Labute approximate surface area is 217 Å². The lowest BCUT2D eigenvalue weighted by atomic mass is 9.87. The van der Waals surface area contributed by atoms with Crippen LogP contribution in [0.25, 0.3) is 0 Å². The van der Waals surface area contributed by atoms with Crippen LogP contribution in [0.1, 0.15) is 30.9 Å². The van der Waals surface area contributed by atoms with E-state index in [1.807, 2.05) is 4.90 Å². The third-order valence-electron chi connectivity index (χ3n) is 6.71. The highest BCUT2D eigenvalue weighted by Gasteiger charge is 2.48. The minimum Gasteiger partial charge on any atom is -0.351 e. The zero-order valence-corrected chi connectivity index (χ0v) is 20.4. The standard InChI is InChI=1S/C27H24ClF3N4O2/c28-21-9-2-1-8-20(21)24(25(36)33-18-15-27(30,31)16-18)35(19-7-5-6-17(29)14-19)26(37)22-11-13-34(22)23-10-3-4-12-32-23/h1-10,12,14,18,22,24H,11,13,15-16H2,(H,33,36)/t22-,24+/m0/s1. The SMILES string of the molecule is O=C(NC1CC(F)(F)C1)[C@@H](c1ccccc1Cl)N(C(=O)[C@@H]1CCN1c1ccccn1)c1cccc(F)c1. The summed E-state index contributed by atoms with van der Waals surface area (Å²) in [5.41, 5.74) is 0.450. The van der Waals surface area contributed by atoms with E-state index in [-0.39, 0.29) is 10.7 Å². The second-order valence-corrected chi connectivity index (χ2v) is 9.67. The average molecular weight is 529 g/mol. The molecule has 0 spiro atoms. The molecule has 2 aromatic carbocycles. The van der Waals surface area contributed by atoms with E-state index in [0.717, 1.165) is 6.07 Å². The Morgan fingerprint density at radius 1 is 1.08 bits per heavy atom. The van der Waals surface area contributed by atoms with Crippen LogP contribution in [0.15, 0.2) is 72.9 Å². The molecule has 1 aliphatic carbocycles. The number of amides is 2. The predicted molar refractivity (Wildman–Crippen MR) is 134 cm³/mol. The molecule has 5 rings (SSSR count). The number of carbonyl (C=O) groups excluding carboxylic acids is 2. The first-order valence-electron chi connectivity index (χ1n) is 11.9. The number of nitrogens with zero attached hydrogens (tertiary/aromatic N) is 3. The van der Waals surface area contributed by atoms with Gasteiger partial charge in [0, 0.05) is 47.9 Å². The van der Waals surface area contributed by atoms with Crippen LogP contribution in [-0.4, -0.2) is 41.3 Å². The molecule has 0 unspecified atom stereocenters. The number of halogens is 4. The number of benzene rings is 2. The number of rotatable bonds is 7. The van der Waals surface area contributed by atoms with Crippen molar-refractivity contribution < 1.29 is 22.8 Å². The van der Waals surface area contributed by atoms with Crippen LogP contribution in [0, 0.1) is 5.82 Å². The van der Waals surface area contributed by atoms with E-state index < -0.39 is 54.5 Å². The van der Waals surface area contributed by atoms with Crippen molar-refractivity contribution in [3.05, 3.63) is 89.3 Å². The van der Waals surface area contributed by atoms with Crippen LogP contribution < -0.4 is 15.1 Å². The summed E-state index contributed by atoms with van der Waals surface area (Å²) in [5.74, 6) is -3.97. The van der Waals surface area contributed by atoms with Gasteiger partial charge in [-0.1, -0.05) is 41.9 Å². The molecule has 3 aromatic rings. The number of hydrogen-bond donors (Lipinski definition) is 1. The van der Waals surface area contributed by atoms with Crippen LogP contribution in [0.2, 0.25) is 5.02 Å². The van der Waals surface area contributed by atoms with E-state index in [2.05, 4.69) is 10.3 Å². The fourth-order valence-corrected chi connectivity index (χ4v) is 5.01. The van der Waals surface area contributed by atoms with Crippen molar-refractivity contribution in [2.75, 3.05) is 16.3 Å². The molecule has 0 radical (unpaired) electrons. The molecular weight excluding hydrogens is 505 g/mol. The molecule has 2 amide bonds. The molecule has 192 valence electrons. The number of carbonyl (C=O) groups is 2. The maximum atomic E-state index is 14.4. The maximum Gasteiger partial charge on any atom is 0.252 e. The molecular formula is C27H24ClF3N4O2. The van der Waals surface area contributed by atoms with Crippen molar-refractivity contribution in [2.45, 2.75) is 43.3 Å². The number of aromatic nitrogens is 1. The monoisotopic (exact) mass is 528 g/mol. The minimum atomic E-state index is -2.84. The van der Waals surface area contributed by atoms with Gasteiger partial charge in [0.1, 0.15) is 23.7 Å². The van der Waals surface area contributed by atoms with E-state index in [1.54, 1.807) is 48.7 Å². The molecule has 1 N–H and O–H groups in total. The van der Waals surface area contributed by atoms with Gasteiger partial charge >= 0.3 is 0 Å². The molecule has 6 nitrogen and oxygen atoms in total. The van der Waals surface area contributed by atoms with Gasteiger partial charge in [-0.25, -0.2) is 18.2 Å². The highest BCUT2D eigenvalue weighted by atomic mass is 35.5. The van der Waals surface area contributed by atoms with Gasteiger partial charge in [-0.15, -0.1) is 0 Å². The van der Waals surface area contributed by atoms with Gasteiger partial charge in [-0.2, -0.15) is 0 Å². The molecule has 2 aliphatic rings. The van der Waals surface area contributed by atoms with Crippen molar-refractivity contribution >= 4 is 34.9 Å². The molecule has 10 heteroatoms. The Kier molecular flexibility index (Phi) is 6.81. The highest BCUT2D eigenvalue weighted by Crippen LogP contribution is 2.39. The summed E-state index contributed by atoms with van der Waals surface area (Å²) in [7, 11) is 0. The third-order valence-corrected chi connectivity index (χ3v) is 7.06. The molecule has 0 bridgehead atoms. The molecule has 37 heavy (non-hydrogen) atoms. The quantitative estimate of drug-likeness (QED) is 0.461. The Morgan fingerprint density at radius 2 is 1.84 bits per heavy atom. The molecule has 1 saturated heterocycles. The maximum absolute atomic E-state index is 14.4. The second kappa shape index (κ2) is 10.0. The van der Waals surface area contributed by atoms with Gasteiger partial charge in [-0.3, -0.25) is 14.5 Å². The van der Waals surface area contributed by atoms with Gasteiger partial charge in [0.15, 0.2) is 0 Å². The van der Waals surface area contributed by atoms with E-state index in [0.29, 0.717) is 24.3 Å². The zero-order valence-electron chi connectivity index (χ0n) is 19.7. The Morgan fingerprint density at radius 3 is 2.46 bits per heavy atom. The molecule has 2 heterocycles. The minimum absolute atomic E-state index is 0.150. The highest BCUT2D eigenvalue weighted by molar-refractivity contribution is 6.31. The second-order valence-electron chi connectivity index (χ2n) is 9.27. The average Bonchev–Trinajstić information content (AvgIpc) is 2.82. The molecule has 1 aromatic heterocycles. The smallest absolute Gasteiger partial charge is 0.252 e. The topological polar surface area (TPSA) is 65.5 Å². The van der Waals surface area contributed by atoms with Gasteiger partial charge in [-0.05, 0) is 42.8 Å². The van der Waals surface area contributed by atoms with Crippen molar-refractivity contribution in [1.82, 2.24) is 10.3 Å². The van der Waals surface area contributed by atoms with Crippen molar-refractivity contribution in [3.63, 3.8) is 0 Å². The van der Waals surface area contributed by atoms with E-state index in [9.17, 15) is 22.8 Å². The first kappa shape index (κ1) is 25.1. The Hall–Kier alpha value is -3.59. The summed E-state index contributed by atoms with van der Waals surface area (Å²) in [5, 5.41) is 2.86. The summed E-state index contributed by atoms with van der Waals surface area (Å²) < 4.78 is 41.4. The van der Waals surface area contributed by atoms with E-state index in [4.69, 9.17) is 11.6 Å². The first-order chi connectivity index (χ1) is 17.7. The Bertz CT molecular complexity index is 1300. The summed E-state index contributed by atoms with van der Waals surface area (Å²) in [6.07, 6.45) is 1.14. The van der Waals surface area contributed by atoms with Gasteiger partial charge in [0.2, 0.25) is 5.91 Å². The van der Waals surface area contributed by atoms with Gasteiger partial charge in [0.05, 0.1) is 0 Å². The van der Waals surface area contributed by atoms with Crippen LogP contribution in [0.5, 0.6) is 0 Å². The van der Waals surface area contributed by atoms with Crippen molar-refractivity contribution in [2.24, 2.45) is 0 Å². The molecule has 2 atom stereocenters. The molecule has 2 fully saturated rings. The van der Waals surface area contributed by atoms with Crippen molar-refractivity contribution in [1.29, 1.82) is 0 Å². The number of hydrogen-bond acceptors (Lipinski definition) is 4. The normalized spacial score (nSPS) is 19.4. The van der Waals surface area contributed by atoms with Crippen LogP contribution >= 0.6 is 11.6 Å². The fourth-order valence-electron chi connectivity index (χ4n) is 4.77. The van der Waals surface area contributed by atoms with Gasteiger partial charge < -0.3 is 10.2 Å². The Balaban J connectivity index is 1.55. The number of alkyl halides is 2. The lowest BCUT2D eigenvalue weighted by Crippen LogP contribution is -2.60. The lowest BCUT2D eigenvalue weighted by molar-refractivity contribution is -0.133. The summed E-state index contributed by atoms with van der Waals surface area (Å²) in [6, 6.07) is 14.5. The number of anilines is 2. The van der Waals surface area contributed by atoms with E-state index in [1.165, 1.54) is 23.1 Å². The van der Waals surface area contributed by atoms with Crippen LogP contribution in [0.4, 0.5) is 24.7 Å². The summed E-state index contributed by atoms with van der Waals surface area (Å²) in [6.45, 7) is 0.574. The zero-order chi connectivity index (χ0) is 26.2. The number of nitrogens with one attached hydrogen (secondary N) is 1. The van der Waals surface area contributed by atoms with Crippen molar-refractivity contribution in [3.8, 4) is 0 Å². The van der Waals surface area contributed by atoms with Crippen LogP contribution in [-0.2, 0) is 9.59 Å². The fraction of sp³-hybridized carbons (Fsp3) is 0.296. The van der Waals surface area contributed by atoms with Gasteiger partial charge in [0.25, 0.3) is 11.8 Å². The first-order valence-corrected chi connectivity index (χ1v) is 12.3. The largest absolute Gasteiger partial charge is 0.351 e. The molecule has 1 aliphatic heterocycles. The number of pyridine rings is 1. The predicted octanol–water partition coefficient (Wildman–Crippen LogP) is 5.14. The van der Waals surface area contributed by atoms with Crippen LogP contribution in [0.3, 0.4) is 0 Å².